The molecule has 0 aliphatic carbocycles. The zero-order chi connectivity index (χ0) is 13.2. The zero-order valence-electron chi connectivity index (χ0n) is 11.0. The Morgan fingerprint density at radius 2 is 2.11 bits per heavy atom. The van der Waals surface area contributed by atoms with Crippen LogP contribution in [0.1, 0.15) is 29.6 Å². The maximum absolute atomic E-state index is 10.8. The quantitative estimate of drug-likeness (QED) is 0.777. The van der Waals surface area contributed by atoms with Crippen LogP contribution in [0.4, 0.5) is 5.69 Å². The molecule has 0 amide bonds. The largest absolute Gasteiger partial charge is 0.367 e. The number of anilines is 1. The van der Waals surface area contributed by atoms with E-state index < -0.39 is 0 Å². The second-order valence-corrected chi connectivity index (χ2v) is 5.87. The van der Waals surface area contributed by atoms with E-state index in [1.54, 1.807) is 6.07 Å². The minimum atomic E-state index is 0.644. The monoisotopic (exact) mass is 278 g/mol. The summed E-state index contributed by atoms with van der Waals surface area (Å²) in [6.45, 7) is 4.45. The number of fused-ring (bicyclic) bond motifs is 1. The van der Waals surface area contributed by atoms with Gasteiger partial charge in [0.05, 0.1) is 10.7 Å². The molecule has 0 aromatic heterocycles. The summed E-state index contributed by atoms with van der Waals surface area (Å²) in [5.41, 5.74) is 1.71. The number of carbonyl (C=O) groups excluding carboxylic acids is 1. The van der Waals surface area contributed by atoms with Crippen molar-refractivity contribution < 1.29 is 4.79 Å². The predicted molar refractivity (Wildman–Crippen MR) is 78.3 cm³/mol. The van der Waals surface area contributed by atoms with Crippen LogP contribution in [0.5, 0.6) is 0 Å². The third kappa shape index (κ3) is 2.63. The average Bonchev–Trinajstić information content (AvgIpc) is 2.46. The van der Waals surface area contributed by atoms with Crippen molar-refractivity contribution in [2.75, 3.05) is 31.1 Å². The van der Waals surface area contributed by atoms with E-state index in [-0.39, 0.29) is 0 Å². The molecule has 1 aromatic carbocycles. The van der Waals surface area contributed by atoms with Crippen LogP contribution < -0.4 is 4.90 Å². The van der Waals surface area contributed by atoms with Gasteiger partial charge in [0.2, 0.25) is 0 Å². The minimum Gasteiger partial charge on any atom is -0.367 e. The fourth-order valence-corrected chi connectivity index (χ4v) is 3.54. The van der Waals surface area contributed by atoms with Crippen molar-refractivity contribution in [2.24, 2.45) is 0 Å². The highest BCUT2D eigenvalue weighted by molar-refractivity contribution is 6.33. The van der Waals surface area contributed by atoms with E-state index in [1.807, 2.05) is 12.1 Å². The summed E-state index contributed by atoms with van der Waals surface area (Å²) >= 11 is 6.30. The summed E-state index contributed by atoms with van der Waals surface area (Å²) in [6, 6.07) is 6.26. The van der Waals surface area contributed by atoms with Crippen molar-refractivity contribution in [3.63, 3.8) is 0 Å². The highest BCUT2D eigenvalue weighted by atomic mass is 35.5. The first-order valence-corrected chi connectivity index (χ1v) is 7.39. The van der Waals surface area contributed by atoms with E-state index in [0.29, 0.717) is 16.6 Å². The van der Waals surface area contributed by atoms with Gasteiger partial charge < -0.3 is 4.90 Å². The molecule has 0 radical (unpaired) electrons. The second kappa shape index (κ2) is 5.51. The van der Waals surface area contributed by atoms with Gasteiger partial charge in [-0.15, -0.1) is 0 Å². The Morgan fingerprint density at radius 1 is 1.21 bits per heavy atom. The number of hydrogen-bond donors (Lipinski definition) is 0. The molecule has 2 heterocycles. The maximum Gasteiger partial charge on any atom is 0.150 e. The fraction of sp³-hybridized carbons (Fsp3) is 0.533. The zero-order valence-corrected chi connectivity index (χ0v) is 11.8. The molecule has 102 valence electrons. The predicted octanol–water partition coefficient (Wildman–Crippen LogP) is 2.83. The SMILES string of the molecule is O=Cc1ccc(N2CCN3CCCCC3C2)c(Cl)c1. The van der Waals surface area contributed by atoms with Crippen LogP contribution in [-0.4, -0.2) is 43.4 Å². The van der Waals surface area contributed by atoms with Gasteiger partial charge >= 0.3 is 0 Å². The van der Waals surface area contributed by atoms with E-state index in [1.165, 1.54) is 25.8 Å². The second-order valence-electron chi connectivity index (χ2n) is 5.46. The van der Waals surface area contributed by atoms with Crippen LogP contribution in [0.3, 0.4) is 0 Å². The van der Waals surface area contributed by atoms with Gasteiger partial charge in [-0.1, -0.05) is 18.0 Å². The van der Waals surface area contributed by atoms with E-state index in [4.69, 9.17) is 11.6 Å². The lowest BCUT2D eigenvalue weighted by Gasteiger charge is -2.45. The topological polar surface area (TPSA) is 23.6 Å². The molecule has 2 saturated heterocycles. The molecule has 0 N–H and O–H groups in total. The smallest absolute Gasteiger partial charge is 0.150 e. The molecule has 3 nitrogen and oxygen atoms in total. The maximum atomic E-state index is 10.8. The molecule has 1 atom stereocenters. The van der Waals surface area contributed by atoms with Crippen molar-refractivity contribution in [2.45, 2.75) is 25.3 Å². The molecule has 1 aromatic rings. The highest BCUT2D eigenvalue weighted by Crippen LogP contribution is 2.30. The van der Waals surface area contributed by atoms with Crippen LogP contribution in [-0.2, 0) is 0 Å². The fourth-order valence-electron chi connectivity index (χ4n) is 3.23. The third-order valence-electron chi connectivity index (χ3n) is 4.29. The van der Waals surface area contributed by atoms with Crippen LogP contribution in [0.25, 0.3) is 0 Å². The molecule has 2 fully saturated rings. The van der Waals surface area contributed by atoms with Crippen LogP contribution in [0.2, 0.25) is 5.02 Å². The molecule has 0 bridgehead atoms. The summed E-state index contributed by atoms with van der Waals surface area (Å²) < 4.78 is 0. The molecular weight excluding hydrogens is 260 g/mol. The molecule has 4 heteroatoms. The molecule has 0 spiro atoms. The first kappa shape index (κ1) is 12.9. The number of piperidine rings is 1. The average molecular weight is 279 g/mol. The minimum absolute atomic E-state index is 0.644. The van der Waals surface area contributed by atoms with Crippen molar-refractivity contribution >= 4 is 23.6 Å². The van der Waals surface area contributed by atoms with Gasteiger partial charge in [-0.25, -0.2) is 0 Å². The Morgan fingerprint density at radius 3 is 2.89 bits per heavy atom. The highest BCUT2D eigenvalue weighted by Gasteiger charge is 2.29. The van der Waals surface area contributed by atoms with E-state index in [9.17, 15) is 4.79 Å². The summed E-state index contributed by atoms with van der Waals surface area (Å²) in [4.78, 5) is 15.7. The van der Waals surface area contributed by atoms with Gasteiger partial charge in [0.1, 0.15) is 6.29 Å². The summed E-state index contributed by atoms with van der Waals surface area (Å²) in [7, 11) is 0. The van der Waals surface area contributed by atoms with Gasteiger partial charge in [-0.05, 0) is 37.6 Å². The number of nitrogens with zero attached hydrogens (tertiary/aromatic N) is 2. The lowest BCUT2D eigenvalue weighted by atomic mass is 9.99. The Kier molecular flexibility index (Phi) is 3.76. The number of hydrogen-bond acceptors (Lipinski definition) is 3. The van der Waals surface area contributed by atoms with Crippen molar-refractivity contribution in [3.05, 3.63) is 28.8 Å². The van der Waals surface area contributed by atoms with Crippen LogP contribution >= 0.6 is 11.6 Å². The van der Waals surface area contributed by atoms with Gasteiger partial charge in [-0.2, -0.15) is 0 Å². The molecule has 2 aliphatic heterocycles. The normalized spacial score (nSPS) is 24.1. The van der Waals surface area contributed by atoms with Crippen molar-refractivity contribution in [3.8, 4) is 0 Å². The standard InChI is InChI=1S/C15H19ClN2O/c16-14-9-12(11-19)4-5-15(14)18-8-7-17-6-2-1-3-13(17)10-18/h4-5,9,11,13H,1-3,6-8,10H2. The van der Waals surface area contributed by atoms with Gasteiger partial charge in [0.15, 0.2) is 0 Å². The van der Waals surface area contributed by atoms with Gasteiger partial charge in [0.25, 0.3) is 0 Å². The molecule has 1 unspecified atom stereocenters. The summed E-state index contributed by atoms with van der Waals surface area (Å²) in [5.74, 6) is 0. The molecule has 2 aliphatic rings. The van der Waals surface area contributed by atoms with Gasteiger partial charge in [0, 0.05) is 31.2 Å². The summed E-state index contributed by atoms with van der Waals surface area (Å²) in [5, 5.41) is 0.689. The van der Waals surface area contributed by atoms with E-state index in [2.05, 4.69) is 9.80 Å². The lowest BCUT2D eigenvalue weighted by molar-refractivity contribution is 0.112. The first-order chi connectivity index (χ1) is 9.28. The number of aldehydes is 1. The van der Waals surface area contributed by atoms with E-state index >= 15 is 0 Å². The Balaban J connectivity index is 1.77. The van der Waals surface area contributed by atoms with Crippen LogP contribution in [0, 0.1) is 0 Å². The molecule has 19 heavy (non-hydrogen) atoms. The Labute approximate surface area is 119 Å². The lowest BCUT2D eigenvalue weighted by Crippen LogP contribution is -2.54. The van der Waals surface area contributed by atoms with Crippen LogP contribution in [0.15, 0.2) is 18.2 Å². The molecular formula is C15H19ClN2O. The number of rotatable bonds is 2. The first-order valence-electron chi connectivity index (χ1n) is 7.01. The number of benzene rings is 1. The number of piperazine rings is 1. The van der Waals surface area contributed by atoms with Gasteiger partial charge in [-0.3, -0.25) is 9.69 Å². The summed E-state index contributed by atoms with van der Waals surface area (Å²) in [6.07, 6.45) is 4.81. The number of halogens is 1. The molecule has 0 saturated carbocycles. The van der Waals surface area contributed by atoms with E-state index in [0.717, 1.165) is 31.6 Å². The molecule has 3 rings (SSSR count). The Hall–Kier alpha value is -1.06. The van der Waals surface area contributed by atoms with Crippen molar-refractivity contribution in [1.29, 1.82) is 0 Å². The third-order valence-corrected chi connectivity index (χ3v) is 4.59. The van der Waals surface area contributed by atoms with Crippen molar-refractivity contribution in [1.82, 2.24) is 4.90 Å². The number of carbonyl (C=O) groups is 1. The Bertz CT molecular complexity index is 477.